The number of nitrogens with zero attached hydrogens (tertiary/aromatic N) is 2. The molecule has 1 aromatic heterocycles. The van der Waals surface area contributed by atoms with E-state index in [1.165, 1.54) is 11.3 Å². The van der Waals surface area contributed by atoms with Gasteiger partial charge in [0.1, 0.15) is 0 Å². The van der Waals surface area contributed by atoms with Gasteiger partial charge in [-0.1, -0.05) is 6.92 Å². The lowest BCUT2D eigenvalue weighted by atomic mass is 9.95. The maximum Gasteiger partial charge on any atom is 0.0867 e. The van der Waals surface area contributed by atoms with Gasteiger partial charge in [0, 0.05) is 12.7 Å². The summed E-state index contributed by atoms with van der Waals surface area (Å²) >= 11 is 0. The van der Waals surface area contributed by atoms with Gasteiger partial charge < -0.3 is 4.74 Å². The van der Waals surface area contributed by atoms with Crippen LogP contribution in [0.15, 0.2) is 0 Å². The normalized spacial score (nSPS) is 26.7. The molecule has 1 saturated heterocycles. The van der Waals surface area contributed by atoms with Gasteiger partial charge >= 0.3 is 0 Å². The van der Waals surface area contributed by atoms with Crippen molar-refractivity contribution in [2.24, 2.45) is 13.0 Å². The van der Waals surface area contributed by atoms with Crippen molar-refractivity contribution >= 4 is 0 Å². The third kappa shape index (κ3) is 1.93. The third-order valence-corrected chi connectivity index (χ3v) is 3.50. The van der Waals surface area contributed by atoms with Crippen molar-refractivity contribution in [3.8, 4) is 0 Å². The zero-order chi connectivity index (χ0) is 11.2. The summed E-state index contributed by atoms with van der Waals surface area (Å²) < 4.78 is 7.48. The van der Waals surface area contributed by atoms with Crippen molar-refractivity contribution in [2.75, 3.05) is 0 Å². The van der Waals surface area contributed by atoms with E-state index in [1.54, 1.807) is 0 Å². The maximum absolute atomic E-state index is 5.51. The largest absolute Gasteiger partial charge is 0.370 e. The van der Waals surface area contributed by atoms with E-state index in [0.717, 1.165) is 12.1 Å². The Morgan fingerprint density at radius 1 is 1.47 bits per heavy atom. The predicted octanol–water partition coefficient (Wildman–Crippen LogP) is 2.00. The molecule has 0 aliphatic carbocycles. The van der Waals surface area contributed by atoms with E-state index in [4.69, 9.17) is 4.74 Å². The van der Waals surface area contributed by atoms with E-state index < -0.39 is 0 Å². The summed E-state index contributed by atoms with van der Waals surface area (Å²) in [6.45, 7) is 8.63. The number of hydrogen-bond donors (Lipinski definition) is 0. The van der Waals surface area contributed by atoms with Crippen LogP contribution in [0.25, 0.3) is 0 Å². The second-order valence-electron chi connectivity index (χ2n) is 4.76. The summed E-state index contributed by atoms with van der Waals surface area (Å²) in [4.78, 5) is 0. The Labute approximate surface area is 91.4 Å². The Morgan fingerprint density at radius 3 is 2.47 bits per heavy atom. The lowest BCUT2D eigenvalue weighted by Gasteiger charge is -2.08. The Balaban J connectivity index is 2.10. The van der Waals surface area contributed by atoms with Crippen LogP contribution in [0.2, 0.25) is 0 Å². The Hall–Kier alpha value is -0.830. The van der Waals surface area contributed by atoms with Crippen molar-refractivity contribution in [1.29, 1.82) is 0 Å². The van der Waals surface area contributed by atoms with Gasteiger partial charge in [0.25, 0.3) is 0 Å². The first kappa shape index (κ1) is 10.7. The van der Waals surface area contributed by atoms with Crippen LogP contribution >= 0.6 is 0 Å². The highest BCUT2D eigenvalue weighted by Crippen LogP contribution is 2.31. The molecule has 15 heavy (non-hydrogen) atoms. The number of rotatable bonds is 3. The minimum absolute atomic E-state index is 0.456. The minimum atomic E-state index is 0.456. The summed E-state index contributed by atoms with van der Waals surface area (Å²) in [5.74, 6) is 0.599. The third-order valence-electron chi connectivity index (χ3n) is 3.50. The molecule has 3 atom stereocenters. The van der Waals surface area contributed by atoms with Crippen LogP contribution in [-0.4, -0.2) is 22.0 Å². The second-order valence-corrected chi connectivity index (χ2v) is 4.76. The fourth-order valence-corrected chi connectivity index (χ4v) is 2.35. The molecule has 1 aliphatic heterocycles. The van der Waals surface area contributed by atoms with Gasteiger partial charge in [-0.15, -0.1) is 0 Å². The number of epoxide rings is 1. The smallest absolute Gasteiger partial charge is 0.0867 e. The molecule has 0 bridgehead atoms. The monoisotopic (exact) mass is 208 g/mol. The summed E-state index contributed by atoms with van der Waals surface area (Å²) in [6, 6.07) is 0. The summed E-state index contributed by atoms with van der Waals surface area (Å²) in [5, 5.41) is 4.44. The van der Waals surface area contributed by atoms with Gasteiger partial charge in [-0.2, -0.15) is 5.10 Å². The number of ether oxygens (including phenoxy) is 1. The van der Waals surface area contributed by atoms with Crippen LogP contribution in [0, 0.1) is 19.8 Å². The Morgan fingerprint density at radius 2 is 2.07 bits per heavy atom. The van der Waals surface area contributed by atoms with Crippen molar-refractivity contribution < 1.29 is 4.74 Å². The van der Waals surface area contributed by atoms with E-state index in [-0.39, 0.29) is 0 Å². The zero-order valence-corrected chi connectivity index (χ0v) is 10.2. The molecule has 1 fully saturated rings. The molecular weight excluding hydrogens is 188 g/mol. The van der Waals surface area contributed by atoms with Gasteiger partial charge in [0.05, 0.1) is 17.9 Å². The van der Waals surface area contributed by atoms with Crippen LogP contribution in [0.5, 0.6) is 0 Å². The molecule has 0 saturated carbocycles. The zero-order valence-electron chi connectivity index (χ0n) is 10.2. The van der Waals surface area contributed by atoms with E-state index in [9.17, 15) is 0 Å². The molecule has 0 radical (unpaired) electrons. The Bertz CT molecular complexity index is 370. The first-order valence-corrected chi connectivity index (χ1v) is 5.65. The molecule has 3 unspecified atom stereocenters. The molecule has 2 rings (SSSR count). The van der Waals surface area contributed by atoms with E-state index >= 15 is 0 Å². The molecule has 84 valence electrons. The number of hydrogen-bond acceptors (Lipinski definition) is 2. The number of aryl methyl sites for hydroxylation is 2. The molecule has 0 N–H and O–H groups in total. The highest BCUT2D eigenvalue weighted by Gasteiger charge is 2.39. The first-order valence-electron chi connectivity index (χ1n) is 5.65. The number of aromatic nitrogens is 2. The average molecular weight is 208 g/mol. The highest BCUT2D eigenvalue weighted by molar-refractivity contribution is 5.25. The van der Waals surface area contributed by atoms with E-state index in [1.807, 2.05) is 11.7 Å². The van der Waals surface area contributed by atoms with Crippen LogP contribution in [0.3, 0.4) is 0 Å². The molecule has 2 heterocycles. The van der Waals surface area contributed by atoms with Crippen LogP contribution in [0.1, 0.15) is 30.8 Å². The average Bonchev–Trinajstić information content (AvgIpc) is 2.84. The molecule has 3 heteroatoms. The Kier molecular flexibility index (Phi) is 2.59. The van der Waals surface area contributed by atoms with Crippen molar-refractivity contribution in [3.63, 3.8) is 0 Å². The summed E-state index contributed by atoms with van der Waals surface area (Å²) in [7, 11) is 2.01. The molecule has 0 spiro atoms. The second kappa shape index (κ2) is 3.63. The first-order chi connectivity index (χ1) is 7.00. The lowest BCUT2D eigenvalue weighted by molar-refractivity contribution is 0.327. The van der Waals surface area contributed by atoms with Gasteiger partial charge in [0.15, 0.2) is 0 Å². The van der Waals surface area contributed by atoms with Crippen LogP contribution in [0.4, 0.5) is 0 Å². The quantitative estimate of drug-likeness (QED) is 0.711. The van der Waals surface area contributed by atoms with E-state index in [2.05, 4.69) is 32.8 Å². The molecule has 3 nitrogen and oxygen atoms in total. The standard InChI is InChI=1S/C12H20N2O/c1-7(12-10(4)15-12)6-11-8(2)13-14(5)9(11)3/h7,10,12H,6H2,1-5H3. The summed E-state index contributed by atoms with van der Waals surface area (Å²) in [6.07, 6.45) is 2.00. The molecule has 0 aromatic carbocycles. The maximum atomic E-state index is 5.51. The molecule has 0 amide bonds. The topological polar surface area (TPSA) is 30.4 Å². The van der Waals surface area contributed by atoms with Crippen molar-refractivity contribution in [1.82, 2.24) is 9.78 Å². The fraction of sp³-hybridized carbons (Fsp3) is 0.750. The van der Waals surface area contributed by atoms with E-state index in [0.29, 0.717) is 18.1 Å². The molecule has 1 aliphatic rings. The SMILES string of the molecule is Cc1nn(C)c(C)c1CC(C)C1OC1C. The molecular formula is C12H20N2O. The summed E-state index contributed by atoms with van der Waals surface area (Å²) in [5.41, 5.74) is 3.84. The van der Waals surface area contributed by atoms with Gasteiger partial charge in [-0.3, -0.25) is 4.68 Å². The van der Waals surface area contributed by atoms with Crippen LogP contribution in [-0.2, 0) is 18.2 Å². The van der Waals surface area contributed by atoms with Gasteiger partial charge in [-0.05, 0) is 38.7 Å². The van der Waals surface area contributed by atoms with Gasteiger partial charge in [-0.25, -0.2) is 0 Å². The van der Waals surface area contributed by atoms with Crippen LogP contribution < -0.4 is 0 Å². The van der Waals surface area contributed by atoms with Crippen molar-refractivity contribution in [2.45, 2.75) is 46.3 Å². The lowest BCUT2D eigenvalue weighted by Crippen LogP contribution is -2.10. The molecule has 1 aromatic rings. The fourth-order valence-electron chi connectivity index (χ4n) is 2.35. The van der Waals surface area contributed by atoms with Gasteiger partial charge in [0.2, 0.25) is 0 Å². The van der Waals surface area contributed by atoms with Crippen molar-refractivity contribution in [3.05, 3.63) is 17.0 Å². The minimum Gasteiger partial charge on any atom is -0.370 e. The highest BCUT2D eigenvalue weighted by atomic mass is 16.6. The predicted molar refractivity (Wildman–Crippen MR) is 59.9 cm³/mol.